The highest BCUT2D eigenvalue weighted by atomic mass is 16.5. The number of nitrogens with two attached hydrogens (primary N) is 1. The summed E-state index contributed by atoms with van der Waals surface area (Å²) in [6, 6.07) is 20.5. The van der Waals surface area contributed by atoms with Gasteiger partial charge in [-0.1, -0.05) is 42.5 Å². The van der Waals surface area contributed by atoms with Crippen molar-refractivity contribution in [1.29, 1.82) is 0 Å². The van der Waals surface area contributed by atoms with E-state index >= 15 is 0 Å². The van der Waals surface area contributed by atoms with E-state index in [2.05, 4.69) is 15.5 Å². The molecule has 0 spiro atoms. The fourth-order valence-corrected chi connectivity index (χ4v) is 3.85. The third-order valence-corrected chi connectivity index (χ3v) is 5.40. The van der Waals surface area contributed by atoms with Crippen molar-refractivity contribution in [3.05, 3.63) is 89.0 Å². The molecule has 168 valence electrons. The highest BCUT2D eigenvalue weighted by molar-refractivity contribution is 6.37. The first-order valence-corrected chi connectivity index (χ1v) is 10.5. The van der Waals surface area contributed by atoms with Crippen molar-refractivity contribution in [2.24, 2.45) is 0 Å². The van der Waals surface area contributed by atoms with Crippen LogP contribution in [-0.2, 0) is 16.1 Å². The number of ether oxygens (including phenoxy) is 1. The van der Waals surface area contributed by atoms with Crippen molar-refractivity contribution in [1.82, 2.24) is 4.90 Å². The minimum absolute atomic E-state index is 0.254. The van der Waals surface area contributed by atoms with E-state index in [0.29, 0.717) is 33.8 Å². The van der Waals surface area contributed by atoms with Gasteiger partial charge in [0.15, 0.2) is 0 Å². The van der Waals surface area contributed by atoms with E-state index in [0.717, 1.165) is 23.4 Å². The zero-order chi connectivity index (χ0) is 23.5. The molecular formula is C26H26N4O3. The molecule has 0 fully saturated rings. The van der Waals surface area contributed by atoms with E-state index in [-0.39, 0.29) is 5.91 Å². The van der Waals surface area contributed by atoms with E-state index in [1.54, 1.807) is 18.2 Å². The molecule has 33 heavy (non-hydrogen) atoms. The first kappa shape index (κ1) is 22.1. The smallest absolute Gasteiger partial charge is 0.337 e. The van der Waals surface area contributed by atoms with Gasteiger partial charge >= 0.3 is 5.97 Å². The van der Waals surface area contributed by atoms with Crippen molar-refractivity contribution in [2.45, 2.75) is 6.54 Å². The lowest BCUT2D eigenvalue weighted by Gasteiger charge is -2.17. The van der Waals surface area contributed by atoms with Crippen molar-refractivity contribution in [2.75, 3.05) is 37.6 Å². The number of methoxy groups -OCH3 is 1. The number of rotatable bonds is 6. The lowest BCUT2D eigenvalue weighted by Crippen LogP contribution is -2.13. The molecule has 1 heterocycles. The van der Waals surface area contributed by atoms with Crippen molar-refractivity contribution >= 4 is 40.2 Å². The molecule has 4 rings (SSSR count). The van der Waals surface area contributed by atoms with Crippen LogP contribution in [0.2, 0.25) is 0 Å². The van der Waals surface area contributed by atoms with Crippen molar-refractivity contribution in [3.63, 3.8) is 0 Å². The summed E-state index contributed by atoms with van der Waals surface area (Å²) >= 11 is 0. The Morgan fingerprint density at radius 2 is 1.79 bits per heavy atom. The number of nitrogens with one attached hydrogen (secondary N) is 2. The van der Waals surface area contributed by atoms with E-state index in [1.807, 2.05) is 62.6 Å². The standard InChI is InChI=1S/C26H26N4O3/c1-30(2)15-18-9-11-19(14-21(18)27)28-24(16-7-5-4-6-8-16)23-20-12-10-17(26(32)33-3)13-22(20)29-25(23)31/h4-14,28H,15,27H2,1-3H3,(H,29,31)/b24-23-. The average Bonchev–Trinajstić information content (AvgIpc) is 3.13. The first-order valence-electron chi connectivity index (χ1n) is 10.5. The zero-order valence-corrected chi connectivity index (χ0v) is 18.8. The predicted molar refractivity (Wildman–Crippen MR) is 132 cm³/mol. The van der Waals surface area contributed by atoms with E-state index in [4.69, 9.17) is 10.5 Å². The summed E-state index contributed by atoms with van der Waals surface area (Å²) in [6.45, 7) is 0.733. The fraction of sp³-hybridized carbons (Fsp3) is 0.154. The Hall–Kier alpha value is -4.10. The second-order valence-corrected chi connectivity index (χ2v) is 8.10. The third-order valence-electron chi connectivity index (χ3n) is 5.40. The molecule has 0 aliphatic carbocycles. The normalized spacial score (nSPS) is 14.0. The molecule has 3 aromatic carbocycles. The number of benzene rings is 3. The SMILES string of the molecule is COC(=O)c1ccc2c(c1)NC(=O)/C2=C(\Nc1ccc(CN(C)C)c(N)c1)c1ccccc1. The van der Waals surface area contributed by atoms with Gasteiger partial charge in [-0.3, -0.25) is 4.79 Å². The molecule has 7 heteroatoms. The number of nitrogen functional groups attached to an aromatic ring is 1. The lowest BCUT2D eigenvalue weighted by atomic mass is 9.99. The van der Waals surface area contributed by atoms with Gasteiger partial charge in [-0.2, -0.15) is 0 Å². The summed E-state index contributed by atoms with van der Waals surface area (Å²) in [5.74, 6) is -0.713. The number of carbonyl (C=O) groups excluding carboxylic acids is 2. The Morgan fingerprint density at radius 3 is 2.45 bits per heavy atom. The van der Waals surface area contributed by atoms with Crippen LogP contribution in [0.1, 0.15) is 27.0 Å². The molecule has 0 saturated heterocycles. The Kier molecular flexibility index (Phi) is 6.15. The molecule has 0 bridgehead atoms. The van der Waals surface area contributed by atoms with Crippen LogP contribution >= 0.6 is 0 Å². The first-order chi connectivity index (χ1) is 15.9. The van der Waals surface area contributed by atoms with Gasteiger partial charge < -0.3 is 26.0 Å². The second-order valence-electron chi connectivity index (χ2n) is 8.10. The summed E-state index contributed by atoms with van der Waals surface area (Å²) in [6.07, 6.45) is 0. The quantitative estimate of drug-likeness (QED) is 0.303. The summed E-state index contributed by atoms with van der Waals surface area (Å²) in [5, 5.41) is 6.28. The minimum Gasteiger partial charge on any atom is -0.465 e. The summed E-state index contributed by atoms with van der Waals surface area (Å²) in [7, 11) is 5.31. The van der Waals surface area contributed by atoms with E-state index in [9.17, 15) is 9.59 Å². The van der Waals surface area contributed by atoms with Crippen LogP contribution in [0.15, 0.2) is 66.7 Å². The van der Waals surface area contributed by atoms with Gasteiger partial charge in [0, 0.05) is 23.5 Å². The monoisotopic (exact) mass is 442 g/mol. The maximum Gasteiger partial charge on any atom is 0.337 e. The van der Waals surface area contributed by atoms with Gasteiger partial charge in [0.2, 0.25) is 0 Å². The van der Waals surface area contributed by atoms with Crippen LogP contribution in [0.5, 0.6) is 0 Å². The van der Waals surface area contributed by atoms with Crippen molar-refractivity contribution in [3.8, 4) is 0 Å². The number of nitrogens with zero attached hydrogens (tertiary/aromatic N) is 1. The van der Waals surface area contributed by atoms with Gasteiger partial charge in [0.05, 0.1) is 29.6 Å². The van der Waals surface area contributed by atoms with Crippen LogP contribution in [0.25, 0.3) is 11.3 Å². The fourth-order valence-electron chi connectivity index (χ4n) is 3.85. The van der Waals surface area contributed by atoms with Gasteiger partial charge in [-0.15, -0.1) is 0 Å². The van der Waals surface area contributed by atoms with E-state index < -0.39 is 5.97 Å². The number of amides is 1. The number of fused-ring (bicyclic) bond motifs is 1. The summed E-state index contributed by atoms with van der Waals surface area (Å²) < 4.78 is 4.80. The summed E-state index contributed by atoms with van der Waals surface area (Å²) in [5.41, 5.74) is 12.4. The number of hydrogen-bond acceptors (Lipinski definition) is 6. The van der Waals surface area contributed by atoms with Crippen LogP contribution in [0.3, 0.4) is 0 Å². The molecule has 0 saturated carbocycles. The largest absolute Gasteiger partial charge is 0.465 e. The second kappa shape index (κ2) is 9.18. The minimum atomic E-state index is -0.459. The average molecular weight is 443 g/mol. The molecular weight excluding hydrogens is 416 g/mol. The highest BCUT2D eigenvalue weighted by Gasteiger charge is 2.29. The van der Waals surface area contributed by atoms with Crippen LogP contribution in [0, 0.1) is 0 Å². The molecule has 7 nitrogen and oxygen atoms in total. The molecule has 0 aromatic heterocycles. The molecule has 0 unspecified atom stereocenters. The van der Waals surface area contributed by atoms with Gasteiger partial charge in [0.25, 0.3) is 5.91 Å². The Morgan fingerprint density at radius 1 is 1.03 bits per heavy atom. The molecule has 3 aromatic rings. The molecule has 1 aliphatic rings. The van der Waals surface area contributed by atoms with Crippen LogP contribution in [-0.4, -0.2) is 38.0 Å². The number of carbonyl (C=O) groups is 2. The third kappa shape index (κ3) is 4.58. The van der Waals surface area contributed by atoms with Crippen LogP contribution < -0.4 is 16.4 Å². The Bertz CT molecular complexity index is 1250. The van der Waals surface area contributed by atoms with Gasteiger partial charge in [-0.05, 0) is 49.5 Å². The Labute approximate surface area is 192 Å². The van der Waals surface area contributed by atoms with Crippen LogP contribution in [0.4, 0.5) is 17.1 Å². The molecule has 4 N–H and O–H groups in total. The number of esters is 1. The Balaban J connectivity index is 1.81. The maximum atomic E-state index is 13.1. The maximum absolute atomic E-state index is 13.1. The highest BCUT2D eigenvalue weighted by Crippen LogP contribution is 2.38. The van der Waals surface area contributed by atoms with Gasteiger partial charge in [-0.25, -0.2) is 4.79 Å². The molecule has 0 radical (unpaired) electrons. The molecule has 1 aliphatic heterocycles. The number of hydrogen-bond donors (Lipinski definition) is 3. The molecule has 1 amide bonds. The zero-order valence-electron chi connectivity index (χ0n) is 18.8. The lowest BCUT2D eigenvalue weighted by molar-refractivity contribution is -0.110. The van der Waals surface area contributed by atoms with Gasteiger partial charge in [0.1, 0.15) is 0 Å². The predicted octanol–water partition coefficient (Wildman–Crippen LogP) is 4.05. The van der Waals surface area contributed by atoms with E-state index in [1.165, 1.54) is 7.11 Å². The van der Waals surface area contributed by atoms with Crippen molar-refractivity contribution < 1.29 is 14.3 Å². The topological polar surface area (TPSA) is 96.7 Å². The number of anilines is 3. The summed E-state index contributed by atoms with van der Waals surface area (Å²) in [4.78, 5) is 27.1. The molecule has 0 atom stereocenters.